The van der Waals surface area contributed by atoms with Crippen LogP contribution in [0.4, 0.5) is 11.6 Å². The van der Waals surface area contributed by atoms with Crippen molar-refractivity contribution < 1.29 is 9.53 Å². The number of hydrogen-bond donors (Lipinski definition) is 2. The Morgan fingerprint density at radius 1 is 1.09 bits per heavy atom. The summed E-state index contributed by atoms with van der Waals surface area (Å²) in [5, 5.41) is 7.37. The second-order valence-corrected chi connectivity index (χ2v) is 9.11. The maximum absolute atomic E-state index is 13.0. The average molecular weight is 473 g/mol. The fourth-order valence-corrected chi connectivity index (χ4v) is 4.72. The van der Waals surface area contributed by atoms with Crippen molar-refractivity contribution in [1.82, 2.24) is 29.6 Å². The summed E-state index contributed by atoms with van der Waals surface area (Å²) in [5.41, 5.74) is 3.86. The summed E-state index contributed by atoms with van der Waals surface area (Å²) in [5.74, 6) is 1.85. The van der Waals surface area contributed by atoms with Crippen LogP contribution in [0, 0.1) is 6.92 Å². The standard InChI is InChI=1S/C25H28N8O2/c1-16-18(7-8-23(26-16)33-11-9-32(10-12-33)17-14-35-15-17)25(34)29-22-13-21(31(2)30-22)24-27-19-5-3-4-6-20(19)28-24/h3-8,13,17H,9-12,14-15H2,1-2H3,(H,27,28)(H,29,30,34). The molecular formula is C25H28N8O2. The van der Waals surface area contributed by atoms with Gasteiger partial charge in [0.1, 0.15) is 11.5 Å². The zero-order valence-electron chi connectivity index (χ0n) is 19.9. The quantitative estimate of drug-likeness (QED) is 0.460. The number of carbonyl (C=O) groups excluding carboxylic acids is 1. The van der Waals surface area contributed by atoms with Crippen molar-refractivity contribution in [1.29, 1.82) is 0 Å². The Morgan fingerprint density at radius 3 is 2.60 bits per heavy atom. The van der Waals surface area contributed by atoms with Gasteiger partial charge in [-0.15, -0.1) is 0 Å². The predicted molar refractivity (Wildman–Crippen MR) is 134 cm³/mol. The Balaban J connectivity index is 1.14. The molecule has 0 saturated carbocycles. The molecule has 0 aliphatic carbocycles. The number of fused-ring (bicyclic) bond motifs is 1. The molecule has 1 amide bonds. The molecule has 4 aromatic rings. The van der Waals surface area contributed by atoms with Crippen LogP contribution in [0.1, 0.15) is 16.1 Å². The van der Waals surface area contributed by atoms with Crippen LogP contribution >= 0.6 is 0 Å². The number of anilines is 2. The second-order valence-electron chi connectivity index (χ2n) is 9.11. The van der Waals surface area contributed by atoms with E-state index in [2.05, 4.69) is 30.2 Å². The number of amides is 1. The summed E-state index contributed by atoms with van der Waals surface area (Å²) in [4.78, 5) is 30.5. The Hall–Kier alpha value is -3.76. The Kier molecular flexibility index (Phi) is 5.46. The topological polar surface area (TPSA) is 104 Å². The predicted octanol–water partition coefficient (Wildman–Crippen LogP) is 2.44. The molecule has 10 heteroatoms. The van der Waals surface area contributed by atoms with Gasteiger partial charge in [-0.2, -0.15) is 5.10 Å². The number of hydrogen-bond acceptors (Lipinski definition) is 7. The molecule has 5 heterocycles. The fraction of sp³-hybridized carbons (Fsp3) is 0.360. The highest BCUT2D eigenvalue weighted by molar-refractivity contribution is 6.04. The van der Waals surface area contributed by atoms with Gasteiger partial charge >= 0.3 is 0 Å². The molecule has 2 aliphatic heterocycles. The van der Waals surface area contributed by atoms with Crippen LogP contribution in [-0.4, -0.2) is 81.0 Å². The van der Waals surface area contributed by atoms with E-state index in [-0.39, 0.29) is 5.91 Å². The third-order valence-electron chi connectivity index (χ3n) is 6.84. The molecule has 2 N–H and O–H groups in total. The van der Waals surface area contributed by atoms with E-state index in [0.717, 1.165) is 61.9 Å². The van der Waals surface area contributed by atoms with Crippen LogP contribution in [0.3, 0.4) is 0 Å². The first-order valence-corrected chi connectivity index (χ1v) is 11.9. The SMILES string of the molecule is Cc1nc(N2CCN(C3COC3)CC2)ccc1C(=O)Nc1cc(-c2nc3ccccc3[nH]2)n(C)n1. The molecule has 0 atom stereocenters. The molecule has 1 aromatic carbocycles. The van der Waals surface area contributed by atoms with Crippen molar-refractivity contribution in [3.63, 3.8) is 0 Å². The number of nitrogens with one attached hydrogen (secondary N) is 2. The first-order chi connectivity index (χ1) is 17.0. The van der Waals surface area contributed by atoms with Gasteiger partial charge in [0.05, 0.1) is 41.5 Å². The molecule has 0 bridgehead atoms. The minimum Gasteiger partial charge on any atom is -0.378 e. The molecule has 10 nitrogen and oxygen atoms in total. The van der Waals surface area contributed by atoms with Gasteiger partial charge in [-0.1, -0.05) is 12.1 Å². The van der Waals surface area contributed by atoms with E-state index in [4.69, 9.17) is 9.72 Å². The number of benzene rings is 1. The number of carbonyl (C=O) groups is 1. The third-order valence-corrected chi connectivity index (χ3v) is 6.84. The van der Waals surface area contributed by atoms with E-state index in [9.17, 15) is 4.79 Å². The third kappa shape index (κ3) is 4.15. The van der Waals surface area contributed by atoms with Gasteiger partial charge in [-0.25, -0.2) is 9.97 Å². The van der Waals surface area contributed by atoms with Gasteiger partial charge in [0.2, 0.25) is 0 Å². The highest BCUT2D eigenvalue weighted by atomic mass is 16.5. The largest absolute Gasteiger partial charge is 0.378 e. The van der Waals surface area contributed by atoms with Crippen LogP contribution in [0.5, 0.6) is 0 Å². The highest BCUT2D eigenvalue weighted by Gasteiger charge is 2.29. The summed E-state index contributed by atoms with van der Waals surface area (Å²) in [6.45, 7) is 7.42. The van der Waals surface area contributed by atoms with Crippen LogP contribution in [0.25, 0.3) is 22.6 Å². The molecule has 2 saturated heterocycles. The molecule has 3 aromatic heterocycles. The zero-order chi connectivity index (χ0) is 23.9. The summed E-state index contributed by atoms with van der Waals surface area (Å²) in [7, 11) is 1.83. The maximum Gasteiger partial charge on any atom is 0.258 e. The number of rotatable bonds is 5. The van der Waals surface area contributed by atoms with Crippen LogP contribution in [0.2, 0.25) is 0 Å². The van der Waals surface area contributed by atoms with Gasteiger partial charge in [0.15, 0.2) is 11.6 Å². The Labute approximate surface area is 202 Å². The van der Waals surface area contributed by atoms with E-state index in [1.54, 1.807) is 4.68 Å². The molecule has 180 valence electrons. The average Bonchev–Trinajstić information content (AvgIpc) is 3.41. The number of piperazine rings is 1. The molecule has 2 aliphatic rings. The number of nitrogens with zero attached hydrogens (tertiary/aromatic N) is 6. The molecule has 35 heavy (non-hydrogen) atoms. The van der Waals surface area contributed by atoms with E-state index in [1.165, 1.54) is 0 Å². The van der Waals surface area contributed by atoms with E-state index >= 15 is 0 Å². The number of H-pyrrole nitrogens is 1. The molecule has 6 rings (SSSR count). The van der Waals surface area contributed by atoms with Gasteiger partial charge < -0.3 is 19.9 Å². The Bertz CT molecular complexity index is 1350. The lowest BCUT2D eigenvalue weighted by atomic mass is 10.1. The molecule has 0 spiro atoms. The number of aryl methyl sites for hydroxylation is 2. The smallest absolute Gasteiger partial charge is 0.258 e. The van der Waals surface area contributed by atoms with E-state index < -0.39 is 0 Å². The monoisotopic (exact) mass is 472 g/mol. The number of imidazole rings is 1. The molecule has 0 unspecified atom stereocenters. The van der Waals surface area contributed by atoms with Gasteiger partial charge in [0.25, 0.3) is 5.91 Å². The first-order valence-electron chi connectivity index (χ1n) is 11.9. The van der Waals surface area contributed by atoms with Crippen molar-refractivity contribution in [2.24, 2.45) is 7.05 Å². The lowest BCUT2D eigenvalue weighted by Crippen LogP contribution is -2.56. The van der Waals surface area contributed by atoms with Crippen molar-refractivity contribution in [3.8, 4) is 11.5 Å². The summed E-state index contributed by atoms with van der Waals surface area (Å²) in [6, 6.07) is 14.0. The van der Waals surface area contributed by atoms with Crippen LogP contribution < -0.4 is 10.2 Å². The Morgan fingerprint density at radius 2 is 1.89 bits per heavy atom. The maximum atomic E-state index is 13.0. The number of para-hydroxylation sites is 2. The number of pyridine rings is 1. The van der Waals surface area contributed by atoms with Gasteiger partial charge in [-0.3, -0.25) is 14.4 Å². The van der Waals surface area contributed by atoms with E-state index in [1.807, 2.05) is 56.4 Å². The first kappa shape index (κ1) is 21.8. The van der Waals surface area contributed by atoms with Crippen molar-refractivity contribution in [2.45, 2.75) is 13.0 Å². The number of ether oxygens (including phenoxy) is 1. The van der Waals surface area contributed by atoms with Crippen LogP contribution in [0.15, 0.2) is 42.5 Å². The summed E-state index contributed by atoms with van der Waals surface area (Å²) >= 11 is 0. The molecule has 0 radical (unpaired) electrons. The minimum atomic E-state index is -0.231. The normalized spacial score (nSPS) is 17.0. The molecular weight excluding hydrogens is 444 g/mol. The van der Waals surface area contributed by atoms with Crippen molar-refractivity contribution >= 4 is 28.6 Å². The zero-order valence-corrected chi connectivity index (χ0v) is 19.9. The van der Waals surface area contributed by atoms with Crippen molar-refractivity contribution in [2.75, 3.05) is 49.6 Å². The van der Waals surface area contributed by atoms with Crippen LogP contribution in [-0.2, 0) is 11.8 Å². The minimum absolute atomic E-state index is 0.231. The molecule has 2 fully saturated rings. The number of aromatic amines is 1. The van der Waals surface area contributed by atoms with Gasteiger partial charge in [-0.05, 0) is 31.2 Å². The lowest BCUT2D eigenvalue weighted by molar-refractivity contribution is -0.0661. The fourth-order valence-electron chi connectivity index (χ4n) is 4.72. The van der Waals surface area contributed by atoms with Crippen molar-refractivity contribution in [3.05, 3.63) is 53.7 Å². The lowest BCUT2D eigenvalue weighted by Gasteiger charge is -2.42. The number of aromatic nitrogens is 5. The van der Waals surface area contributed by atoms with E-state index in [0.29, 0.717) is 28.9 Å². The summed E-state index contributed by atoms with van der Waals surface area (Å²) < 4.78 is 7.03. The summed E-state index contributed by atoms with van der Waals surface area (Å²) in [6.07, 6.45) is 0. The highest BCUT2D eigenvalue weighted by Crippen LogP contribution is 2.24. The second kappa shape index (κ2) is 8.79. The van der Waals surface area contributed by atoms with Gasteiger partial charge in [0, 0.05) is 39.3 Å².